The number of benzene rings is 1. The fourth-order valence-corrected chi connectivity index (χ4v) is 1.14. The van der Waals surface area contributed by atoms with Gasteiger partial charge >= 0.3 is 5.97 Å². The van der Waals surface area contributed by atoms with Gasteiger partial charge in [-0.2, -0.15) is 0 Å². The summed E-state index contributed by atoms with van der Waals surface area (Å²) >= 11 is 0. The monoisotopic (exact) mass is 210 g/mol. The van der Waals surface area contributed by atoms with Crippen molar-refractivity contribution in [1.29, 1.82) is 0 Å². The number of carboxylic acids is 1. The zero-order chi connectivity index (χ0) is 11.3. The van der Waals surface area contributed by atoms with E-state index in [1.807, 2.05) is 0 Å². The molecule has 0 saturated carbocycles. The van der Waals surface area contributed by atoms with Crippen molar-refractivity contribution in [1.82, 2.24) is 0 Å². The maximum atomic E-state index is 12.9. The number of hydrogen-bond acceptors (Lipinski definition) is 2. The molecule has 3 nitrogen and oxygen atoms in total. The lowest BCUT2D eigenvalue weighted by Gasteiger charge is -2.08. The molecule has 1 rings (SSSR count). The minimum absolute atomic E-state index is 0.260. The SMILES string of the molecule is C=CCOc1ccc(F)cc1CC(=O)O. The van der Waals surface area contributed by atoms with Gasteiger partial charge in [0.2, 0.25) is 0 Å². The van der Waals surface area contributed by atoms with E-state index < -0.39 is 11.8 Å². The highest BCUT2D eigenvalue weighted by atomic mass is 19.1. The van der Waals surface area contributed by atoms with Crippen molar-refractivity contribution in [3.63, 3.8) is 0 Å². The highest BCUT2D eigenvalue weighted by Gasteiger charge is 2.08. The predicted octanol–water partition coefficient (Wildman–Crippen LogP) is 2.02. The van der Waals surface area contributed by atoms with Crippen molar-refractivity contribution in [2.24, 2.45) is 0 Å². The summed E-state index contributed by atoms with van der Waals surface area (Å²) in [6.07, 6.45) is 1.28. The second-order valence-corrected chi connectivity index (χ2v) is 2.92. The molecule has 0 atom stereocenters. The first-order chi connectivity index (χ1) is 7.13. The lowest BCUT2D eigenvalue weighted by molar-refractivity contribution is -0.136. The number of halogens is 1. The normalized spacial score (nSPS) is 9.67. The van der Waals surface area contributed by atoms with Crippen molar-refractivity contribution < 1.29 is 19.0 Å². The van der Waals surface area contributed by atoms with Gasteiger partial charge in [-0.15, -0.1) is 0 Å². The van der Waals surface area contributed by atoms with Gasteiger partial charge in [-0.3, -0.25) is 4.79 Å². The van der Waals surface area contributed by atoms with Crippen molar-refractivity contribution in [3.05, 3.63) is 42.2 Å². The van der Waals surface area contributed by atoms with Gasteiger partial charge in [-0.25, -0.2) is 4.39 Å². The molecule has 0 heterocycles. The lowest BCUT2D eigenvalue weighted by Crippen LogP contribution is -2.04. The molecule has 0 aliphatic heterocycles. The fraction of sp³-hybridized carbons (Fsp3) is 0.182. The number of carbonyl (C=O) groups is 1. The first-order valence-electron chi connectivity index (χ1n) is 4.37. The summed E-state index contributed by atoms with van der Waals surface area (Å²) in [5.41, 5.74) is 0.323. The summed E-state index contributed by atoms with van der Waals surface area (Å²) in [6, 6.07) is 3.80. The largest absolute Gasteiger partial charge is 0.489 e. The number of hydrogen-bond donors (Lipinski definition) is 1. The molecule has 4 heteroatoms. The molecule has 0 unspecified atom stereocenters. The predicted molar refractivity (Wildman–Crippen MR) is 53.4 cm³/mol. The average Bonchev–Trinajstić information content (AvgIpc) is 2.16. The standard InChI is InChI=1S/C11H11FO3/c1-2-5-15-10-4-3-9(12)6-8(10)7-11(13)14/h2-4,6H,1,5,7H2,(H,13,14). The third kappa shape index (κ3) is 3.42. The molecular weight excluding hydrogens is 199 g/mol. The second kappa shape index (κ2) is 5.14. The third-order valence-electron chi connectivity index (χ3n) is 1.72. The lowest BCUT2D eigenvalue weighted by atomic mass is 10.1. The van der Waals surface area contributed by atoms with Crippen molar-refractivity contribution in [2.45, 2.75) is 6.42 Å². The summed E-state index contributed by atoms with van der Waals surface area (Å²) in [5, 5.41) is 8.61. The Kier molecular flexibility index (Phi) is 3.85. The summed E-state index contributed by atoms with van der Waals surface area (Å²) < 4.78 is 18.0. The summed E-state index contributed by atoms with van der Waals surface area (Å²) in [7, 11) is 0. The fourth-order valence-electron chi connectivity index (χ4n) is 1.14. The molecule has 0 fully saturated rings. The molecule has 15 heavy (non-hydrogen) atoms. The van der Waals surface area contributed by atoms with Gasteiger partial charge in [0.1, 0.15) is 18.2 Å². The second-order valence-electron chi connectivity index (χ2n) is 2.92. The molecule has 0 aromatic heterocycles. The number of ether oxygens (including phenoxy) is 1. The van der Waals surface area contributed by atoms with E-state index in [-0.39, 0.29) is 13.0 Å². The first kappa shape index (κ1) is 11.2. The average molecular weight is 210 g/mol. The van der Waals surface area contributed by atoms with Gasteiger partial charge in [0.25, 0.3) is 0 Å². The molecule has 0 amide bonds. The number of rotatable bonds is 5. The van der Waals surface area contributed by atoms with E-state index >= 15 is 0 Å². The van der Waals surface area contributed by atoms with Crippen molar-refractivity contribution in [2.75, 3.05) is 6.61 Å². The number of aliphatic carboxylic acids is 1. The topological polar surface area (TPSA) is 46.5 Å². The molecule has 0 radical (unpaired) electrons. The smallest absolute Gasteiger partial charge is 0.307 e. The highest BCUT2D eigenvalue weighted by molar-refractivity contribution is 5.71. The first-order valence-corrected chi connectivity index (χ1v) is 4.37. The van der Waals surface area contributed by atoms with E-state index in [1.165, 1.54) is 18.2 Å². The van der Waals surface area contributed by atoms with E-state index in [2.05, 4.69) is 6.58 Å². The molecule has 0 spiro atoms. The van der Waals surface area contributed by atoms with E-state index in [0.717, 1.165) is 6.07 Å². The van der Waals surface area contributed by atoms with E-state index in [4.69, 9.17) is 9.84 Å². The maximum Gasteiger partial charge on any atom is 0.307 e. The quantitative estimate of drug-likeness (QED) is 0.756. The van der Waals surface area contributed by atoms with Crippen LogP contribution in [0, 0.1) is 5.82 Å². The van der Waals surface area contributed by atoms with Crippen LogP contribution in [0.15, 0.2) is 30.9 Å². The molecule has 0 bridgehead atoms. The van der Waals surface area contributed by atoms with Gasteiger partial charge < -0.3 is 9.84 Å². The van der Waals surface area contributed by atoms with Gasteiger partial charge in [0, 0.05) is 5.56 Å². The Morgan fingerprint density at radius 3 is 2.93 bits per heavy atom. The molecule has 0 aliphatic carbocycles. The zero-order valence-corrected chi connectivity index (χ0v) is 8.07. The van der Waals surface area contributed by atoms with Gasteiger partial charge in [-0.05, 0) is 18.2 Å². The summed E-state index contributed by atoms with van der Waals surface area (Å²) in [5.74, 6) is -1.13. The van der Waals surface area contributed by atoms with Crippen LogP contribution in [0.4, 0.5) is 4.39 Å². The molecule has 1 aromatic rings. The summed E-state index contributed by atoms with van der Waals surface area (Å²) in [4.78, 5) is 10.5. The van der Waals surface area contributed by atoms with Crippen LogP contribution < -0.4 is 4.74 Å². The molecule has 0 aliphatic rings. The van der Waals surface area contributed by atoms with Crippen molar-refractivity contribution >= 4 is 5.97 Å². The Morgan fingerprint density at radius 2 is 2.33 bits per heavy atom. The zero-order valence-electron chi connectivity index (χ0n) is 8.07. The van der Waals surface area contributed by atoms with Crippen LogP contribution in [-0.4, -0.2) is 17.7 Å². The Labute approximate surface area is 86.8 Å². The Morgan fingerprint density at radius 1 is 1.60 bits per heavy atom. The van der Waals surface area contributed by atoms with Gasteiger partial charge in [0.15, 0.2) is 0 Å². The molecule has 0 saturated heterocycles. The van der Waals surface area contributed by atoms with Crippen LogP contribution in [0.2, 0.25) is 0 Å². The Bertz CT molecular complexity index is 374. The molecule has 1 N–H and O–H groups in total. The van der Waals surface area contributed by atoms with Crippen LogP contribution in [0.1, 0.15) is 5.56 Å². The molecule has 80 valence electrons. The highest BCUT2D eigenvalue weighted by Crippen LogP contribution is 2.20. The van der Waals surface area contributed by atoms with Crippen LogP contribution in [0.3, 0.4) is 0 Å². The van der Waals surface area contributed by atoms with Crippen molar-refractivity contribution in [3.8, 4) is 5.75 Å². The molecular formula is C11H11FO3. The minimum Gasteiger partial charge on any atom is -0.489 e. The van der Waals surface area contributed by atoms with E-state index in [1.54, 1.807) is 0 Å². The van der Waals surface area contributed by atoms with Crippen LogP contribution in [0.5, 0.6) is 5.75 Å². The van der Waals surface area contributed by atoms with E-state index in [0.29, 0.717) is 11.3 Å². The number of carboxylic acid groups (broad SMARTS) is 1. The Balaban J connectivity index is 2.91. The molecule has 1 aromatic carbocycles. The minimum atomic E-state index is -1.02. The third-order valence-corrected chi connectivity index (χ3v) is 1.72. The Hall–Kier alpha value is -1.84. The van der Waals surface area contributed by atoms with Gasteiger partial charge in [0.05, 0.1) is 6.42 Å². The van der Waals surface area contributed by atoms with Crippen LogP contribution >= 0.6 is 0 Å². The maximum absolute atomic E-state index is 12.9. The summed E-state index contributed by atoms with van der Waals surface area (Å²) in [6.45, 7) is 3.73. The van der Waals surface area contributed by atoms with Gasteiger partial charge in [-0.1, -0.05) is 12.7 Å². The van der Waals surface area contributed by atoms with E-state index in [9.17, 15) is 9.18 Å². The van der Waals surface area contributed by atoms with Crippen LogP contribution in [0.25, 0.3) is 0 Å². The van der Waals surface area contributed by atoms with Crippen LogP contribution in [-0.2, 0) is 11.2 Å².